The van der Waals surface area contributed by atoms with Gasteiger partial charge in [0.2, 0.25) is 0 Å². The van der Waals surface area contributed by atoms with Gasteiger partial charge in [-0.05, 0) is 42.8 Å². The maximum absolute atomic E-state index is 12.0. The largest absolute Gasteiger partial charge is 0.385 e. The van der Waals surface area contributed by atoms with Crippen molar-refractivity contribution in [2.24, 2.45) is 0 Å². The number of benzene rings is 2. The predicted octanol–water partition coefficient (Wildman–Crippen LogP) is 4.15. The number of amides is 1. The fourth-order valence-corrected chi connectivity index (χ4v) is 1.87. The van der Waals surface area contributed by atoms with Gasteiger partial charge in [-0.2, -0.15) is 0 Å². The molecule has 1 amide bonds. The summed E-state index contributed by atoms with van der Waals surface area (Å²) in [6, 6.07) is 17.0. The molecule has 2 N–H and O–H groups in total. The van der Waals surface area contributed by atoms with Crippen molar-refractivity contribution in [2.75, 3.05) is 17.2 Å². The lowest BCUT2D eigenvalue weighted by Crippen LogP contribution is -2.11. The number of nitrogens with one attached hydrogen (secondary N) is 2. The van der Waals surface area contributed by atoms with Gasteiger partial charge in [0.15, 0.2) is 0 Å². The van der Waals surface area contributed by atoms with Crippen molar-refractivity contribution in [3.05, 3.63) is 60.2 Å². The molecule has 2 rings (SSSR count). The molecule has 3 heteroatoms. The zero-order valence-electron chi connectivity index (χ0n) is 11.7. The molecule has 0 unspecified atom stereocenters. The summed E-state index contributed by atoms with van der Waals surface area (Å²) in [7, 11) is 0. The summed E-state index contributed by atoms with van der Waals surface area (Å²) in [5.41, 5.74) is 2.55. The lowest BCUT2D eigenvalue weighted by molar-refractivity contribution is 0.102. The van der Waals surface area contributed by atoms with Gasteiger partial charge in [-0.3, -0.25) is 4.79 Å². The third-order valence-electron chi connectivity index (χ3n) is 3.04. The summed E-state index contributed by atoms with van der Waals surface area (Å²) < 4.78 is 0. The second kappa shape index (κ2) is 7.34. The van der Waals surface area contributed by atoms with E-state index in [1.54, 1.807) is 12.1 Å². The first kappa shape index (κ1) is 14.1. The van der Waals surface area contributed by atoms with Gasteiger partial charge in [0, 0.05) is 23.5 Å². The standard InChI is InChI=1S/C17H20N2O/c1-2-3-13-18-15-9-11-16(12-10-15)19-17(20)14-7-5-4-6-8-14/h4-12,18H,2-3,13H2,1H3,(H,19,20). The Morgan fingerprint density at radius 1 is 0.950 bits per heavy atom. The molecule has 0 radical (unpaired) electrons. The van der Waals surface area contributed by atoms with E-state index in [1.165, 1.54) is 6.42 Å². The average molecular weight is 268 g/mol. The van der Waals surface area contributed by atoms with Crippen LogP contribution < -0.4 is 10.6 Å². The van der Waals surface area contributed by atoms with Crippen LogP contribution >= 0.6 is 0 Å². The fraction of sp³-hybridized carbons (Fsp3) is 0.235. The summed E-state index contributed by atoms with van der Waals surface area (Å²) in [6.45, 7) is 3.15. The highest BCUT2D eigenvalue weighted by molar-refractivity contribution is 6.04. The van der Waals surface area contributed by atoms with Crippen molar-refractivity contribution in [2.45, 2.75) is 19.8 Å². The molecule has 2 aromatic rings. The normalized spacial score (nSPS) is 10.1. The van der Waals surface area contributed by atoms with E-state index in [0.29, 0.717) is 5.56 Å². The molecule has 0 saturated heterocycles. The minimum Gasteiger partial charge on any atom is -0.385 e. The van der Waals surface area contributed by atoms with Gasteiger partial charge in [-0.25, -0.2) is 0 Å². The van der Waals surface area contributed by atoms with Gasteiger partial charge in [0.05, 0.1) is 0 Å². The lowest BCUT2D eigenvalue weighted by Gasteiger charge is -2.08. The van der Waals surface area contributed by atoms with Gasteiger partial charge in [-0.15, -0.1) is 0 Å². The van der Waals surface area contributed by atoms with Crippen LogP contribution in [0.25, 0.3) is 0 Å². The Balaban J connectivity index is 1.92. The highest BCUT2D eigenvalue weighted by Crippen LogP contribution is 2.14. The molecule has 0 aliphatic heterocycles. The van der Waals surface area contributed by atoms with Crippen molar-refractivity contribution in [1.82, 2.24) is 0 Å². The van der Waals surface area contributed by atoms with E-state index < -0.39 is 0 Å². The second-order valence-corrected chi connectivity index (χ2v) is 4.68. The van der Waals surface area contributed by atoms with Crippen LogP contribution in [0.1, 0.15) is 30.1 Å². The predicted molar refractivity (Wildman–Crippen MR) is 84.2 cm³/mol. The smallest absolute Gasteiger partial charge is 0.255 e. The zero-order valence-corrected chi connectivity index (χ0v) is 11.7. The van der Waals surface area contributed by atoms with Gasteiger partial charge in [0.1, 0.15) is 0 Å². The number of unbranched alkanes of at least 4 members (excludes halogenated alkanes) is 1. The fourth-order valence-electron chi connectivity index (χ4n) is 1.87. The second-order valence-electron chi connectivity index (χ2n) is 4.68. The summed E-state index contributed by atoms with van der Waals surface area (Å²) in [5.74, 6) is -0.0858. The maximum atomic E-state index is 12.0. The Morgan fingerprint density at radius 2 is 1.60 bits per heavy atom. The molecule has 20 heavy (non-hydrogen) atoms. The summed E-state index contributed by atoms with van der Waals surface area (Å²) in [6.07, 6.45) is 2.34. The van der Waals surface area contributed by atoms with Crippen molar-refractivity contribution < 1.29 is 4.79 Å². The Bertz CT molecular complexity index is 535. The van der Waals surface area contributed by atoms with Crippen LogP contribution in [0, 0.1) is 0 Å². The molecule has 3 nitrogen and oxygen atoms in total. The quantitative estimate of drug-likeness (QED) is 0.773. The molecule has 0 aliphatic carbocycles. The van der Waals surface area contributed by atoms with Gasteiger partial charge < -0.3 is 10.6 Å². The molecule has 104 valence electrons. The van der Waals surface area contributed by atoms with Crippen molar-refractivity contribution in [3.63, 3.8) is 0 Å². The molecule has 0 bridgehead atoms. The Morgan fingerprint density at radius 3 is 2.25 bits per heavy atom. The Labute approximate surface area is 120 Å². The third kappa shape index (κ3) is 4.12. The topological polar surface area (TPSA) is 41.1 Å². The molecule has 0 heterocycles. The SMILES string of the molecule is CCCCNc1ccc(NC(=O)c2ccccc2)cc1. The minimum atomic E-state index is -0.0858. The van der Waals surface area contributed by atoms with E-state index in [0.717, 1.165) is 24.3 Å². The molecule has 2 aromatic carbocycles. The third-order valence-corrected chi connectivity index (χ3v) is 3.04. The molecule has 0 fully saturated rings. The van der Waals surface area contributed by atoms with Crippen molar-refractivity contribution >= 4 is 17.3 Å². The number of hydrogen-bond donors (Lipinski definition) is 2. The zero-order chi connectivity index (χ0) is 14.2. The first-order chi connectivity index (χ1) is 9.79. The molecule has 0 atom stereocenters. The molecule has 0 spiro atoms. The minimum absolute atomic E-state index is 0.0858. The van der Waals surface area contributed by atoms with Crippen molar-refractivity contribution in [1.29, 1.82) is 0 Å². The number of carbonyl (C=O) groups excluding carboxylic acids is 1. The van der Waals surface area contributed by atoms with Crippen LogP contribution in [0.5, 0.6) is 0 Å². The van der Waals surface area contributed by atoms with E-state index in [4.69, 9.17) is 0 Å². The highest BCUT2D eigenvalue weighted by Gasteiger charge is 2.04. The summed E-state index contributed by atoms with van der Waals surface area (Å²) in [5, 5.41) is 6.23. The van der Waals surface area contributed by atoms with E-state index in [-0.39, 0.29) is 5.91 Å². The first-order valence-electron chi connectivity index (χ1n) is 7.00. The van der Waals surface area contributed by atoms with Crippen LogP contribution in [-0.4, -0.2) is 12.5 Å². The van der Waals surface area contributed by atoms with Gasteiger partial charge in [-0.1, -0.05) is 31.5 Å². The molecule has 0 aromatic heterocycles. The summed E-state index contributed by atoms with van der Waals surface area (Å²) >= 11 is 0. The van der Waals surface area contributed by atoms with Crippen molar-refractivity contribution in [3.8, 4) is 0 Å². The molecule has 0 saturated carbocycles. The lowest BCUT2D eigenvalue weighted by atomic mass is 10.2. The molecular weight excluding hydrogens is 248 g/mol. The monoisotopic (exact) mass is 268 g/mol. The first-order valence-corrected chi connectivity index (χ1v) is 7.00. The number of hydrogen-bond acceptors (Lipinski definition) is 2. The van der Waals surface area contributed by atoms with E-state index in [9.17, 15) is 4.79 Å². The maximum Gasteiger partial charge on any atom is 0.255 e. The molecular formula is C17H20N2O. The van der Waals surface area contributed by atoms with Gasteiger partial charge >= 0.3 is 0 Å². The number of rotatable bonds is 6. The van der Waals surface area contributed by atoms with Crippen LogP contribution in [0.4, 0.5) is 11.4 Å². The number of carbonyl (C=O) groups is 1. The van der Waals surface area contributed by atoms with Gasteiger partial charge in [0.25, 0.3) is 5.91 Å². The van der Waals surface area contributed by atoms with E-state index in [1.807, 2.05) is 42.5 Å². The Hall–Kier alpha value is -2.29. The average Bonchev–Trinajstić information content (AvgIpc) is 2.50. The van der Waals surface area contributed by atoms with Crippen LogP contribution in [0.3, 0.4) is 0 Å². The summed E-state index contributed by atoms with van der Waals surface area (Å²) in [4.78, 5) is 12.0. The van der Waals surface area contributed by atoms with E-state index >= 15 is 0 Å². The Kier molecular flexibility index (Phi) is 5.18. The van der Waals surface area contributed by atoms with Crippen LogP contribution in [0.15, 0.2) is 54.6 Å². The van der Waals surface area contributed by atoms with E-state index in [2.05, 4.69) is 17.6 Å². The highest BCUT2D eigenvalue weighted by atomic mass is 16.1. The molecule has 0 aliphatic rings. The number of anilines is 2. The van der Waals surface area contributed by atoms with Crippen LogP contribution in [0.2, 0.25) is 0 Å². The van der Waals surface area contributed by atoms with Crippen LogP contribution in [-0.2, 0) is 0 Å².